The van der Waals surface area contributed by atoms with Gasteiger partial charge in [0.2, 0.25) is 0 Å². The molecule has 1 aromatic carbocycles. The van der Waals surface area contributed by atoms with Crippen molar-refractivity contribution in [3.63, 3.8) is 0 Å². The molecule has 0 radical (unpaired) electrons. The van der Waals surface area contributed by atoms with Gasteiger partial charge in [0.25, 0.3) is 0 Å². The van der Waals surface area contributed by atoms with Gasteiger partial charge in [-0.15, -0.1) is 0 Å². The van der Waals surface area contributed by atoms with Crippen molar-refractivity contribution in [1.29, 1.82) is 0 Å². The van der Waals surface area contributed by atoms with Gasteiger partial charge in [0.1, 0.15) is 11.7 Å². The molecular formula is C13H15FN2O4. The molecule has 1 fully saturated rings. The molecule has 0 bridgehead atoms. The number of rotatable bonds is 3. The number of urea groups is 1. The lowest BCUT2D eigenvalue weighted by atomic mass is 10.0. The van der Waals surface area contributed by atoms with Crippen LogP contribution in [0.2, 0.25) is 0 Å². The van der Waals surface area contributed by atoms with Crippen molar-refractivity contribution in [1.82, 2.24) is 5.32 Å². The third-order valence-corrected chi connectivity index (χ3v) is 3.21. The molecule has 1 heterocycles. The molecule has 0 aliphatic carbocycles. The number of hydrogen-bond donors (Lipinski definition) is 2. The zero-order valence-corrected chi connectivity index (χ0v) is 10.9. The minimum absolute atomic E-state index is 0.0734. The first-order chi connectivity index (χ1) is 9.49. The minimum Gasteiger partial charge on any atom is -0.481 e. The summed E-state index contributed by atoms with van der Waals surface area (Å²) in [5.41, 5.74) is 0.383. The summed E-state index contributed by atoms with van der Waals surface area (Å²) in [5.74, 6) is -2.23. The number of aliphatic carboxylic acids is 1. The molecule has 1 saturated heterocycles. The van der Waals surface area contributed by atoms with E-state index in [9.17, 15) is 14.0 Å². The van der Waals surface area contributed by atoms with E-state index in [-0.39, 0.29) is 13.2 Å². The highest BCUT2D eigenvalue weighted by Crippen LogP contribution is 2.17. The maximum atomic E-state index is 13.1. The third kappa shape index (κ3) is 3.05. The summed E-state index contributed by atoms with van der Waals surface area (Å²) in [5, 5.41) is 11.6. The Morgan fingerprint density at radius 3 is 2.85 bits per heavy atom. The van der Waals surface area contributed by atoms with Gasteiger partial charge in [0.05, 0.1) is 19.3 Å². The largest absolute Gasteiger partial charge is 0.481 e. The number of anilines is 1. The fourth-order valence-electron chi connectivity index (χ4n) is 2.00. The number of carboxylic acids is 1. The number of benzene rings is 1. The van der Waals surface area contributed by atoms with Crippen LogP contribution in [0.15, 0.2) is 24.3 Å². The maximum Gasteiger partial charge on any atom is 0.321 e. The first-order valence-corrected chi connectivity index (χ1v) is 6.09. The number of halogens is 1. The summed E-state index contributed by atoms with van der Waals surface area (Å²) in [6.07, 6.45) is 0. The Bertz CT molecular complexity index is 523. The van der Waals surface area contributed by atoms with E-state index in [4.69, 9.17) is 9.84 Å². The topological polar surface area (TPSA) is 78.9 Å². The molecule has 108 valence electrons. The number of ether oxygens (including phenoxy) is 1. The highest BCUT2D eigenvalue weighted by molar-refractivity contribution is 5.92. The van der Waals surface area contributed by atoms with Crippen LogP contribution in [0.3, 0.4) is 0 Å². The molecule has 2 amide bonds. The first kappa shape index (κ1) is 14.3. The molecule has 1 aromatic rings. The lowest BCUT2D eigenvalue weighted by molar-refractivity contribution is -0.142. The number of carbonyl (C=O) groups excluding carboxylic acids is 1. The second kappa shape index (κ2) is 5.87. The van der Waals surface area contributed by atoms with Crippen molar-refractivity contribution < 1.29 is 23.8 Å². The number of hydrogen-bond acceptors (Lipinski definition) is 3. The summed E-state index contributed by atoms with van der Waals surface area (Å²) in [7, 11) is 1.48. The summed E-state index contributed by atoms with van der Waals surface area (Å²) >= 11 is 0. The minimum atomic E-state index is -1.01. The van der Waals surface area contributed by atoms with Crippen LogP contribution in [-0.2, 0) is 9.53 Å². The number of carboxylic acid groups (broad SMARTS) is 1. The first-order valence-electron chi connectivity index (χ1n) is 6.09. The van der Waals surface area contributed by atoms with Gasteiger partial charge in [0.15, 0.2) is 0 Å². The van der Waals surface area contributed by atoms with Crippen LogP contribution in [0.1, 0.15) is 0 Å². The Labute approximate surface area is 115 Å². The Hall–Kier alpha value is -2.15. The van der Waals surface area contributed by atoms with Gasteiger partial charge in [0, 0.05) is 12.7 Å². The summed E-state index contributed by atoms with van der Waals surface area (Å²) in [6, 6.07) is 4.49. The van der Waals surface area contributed by atoms with Crippen molar-refractivity contribution in [2.45, 2.75) is 6.04 Å². The van der Waals surface area contributed by atoms with Gasteiger partial charge >= 0.3 is 12.0 Å². The highest BCUT2D eigenvalue weighted by Gasteiger charge is 2.35. The number of carbonyl (C=O) groups is 2. The lowest BCUT2D eigenvalue weighted by Crippen LogP contribution is -2.47. The summed E-state index contributed by atoms with van der Waals surface area (Å²) < 4.78 is 18.2. The van der Waals surface area contributed by atoms with E-state index in [1.165, 1.54) is 30.1 Å². The summed E-state index contributed by atoms with van der Waals surface area (Å²) in [4.78, 5) is 24.2. The van der Waals surface area contributed by atoms with Crippen LogP contribution < -0.4 is 10.2 Å². The molecule has 2 atom stereocenters. The van der Waals surface area contributed by atoms with Gasteiger partial charge < -0.3 is 15.2 Å². The van der Waals surface area contributed by atoms with Gasteiger partial charge in [-0.2, -0.15) is 0 Å². The van der Waals surface area contributed by atoms with E-state index in [0.717, 1.165) is 0 Å². The Kier molecular flexibility index (Phi) is 4.19. The van der Waals surface area contributed by atoms with E-state index in [2.05, 4.69) is 5.32 Å². The smallest absolute Gasteiger partial charge is 0.321 e. The van der Waals surface area contributed by atoms with E-state index in [1.807, 2.05) is 0 Å². The van der Waals surface area contributed by atoms with Crippen LogP contribution in [0.5, 0.6) is 0 Å². The van der Waals surface area contributed by atoms with Crippen LogP contribution >= 0.6 is 0 Å². The summed E-state index contributed by atoms with van der Waals surface area (Å²) in [6.45, 7) is 0.226. The Balaban J connectivity index is 2.03. The molecule has 0 saturated carbocycles. The van der Waals surface area contributed by atoms with Gasteiger partial charge in [-0.1, -0.05) is 6.07 Å². The van der Waals surface area contributed by atoms with Crippen LogP contribution in [0.4, 0.5) is 14.9 Å². The fourth-order valence-corrected chi connectivity index (χ4v) is 2.00. The molecule has 7 heteroatoms. The highest BCUT2D eigenvalue weighted by atomic mass is 19.1. The van der Waals surface area contributed by atoms with E-state index in [1.54, 1.807) is 6.07 Å². The van der Waals surface area contributed by atoms with Crippen molar-refractivity contribution in [3.05, 3.63) is 30.1 Å². The Morgan fingerprint density at radius 2 is 2.20 bits per heavy atom. The second-order valence-corrected chi connectivity index (χ2v) is 4.58. The molecule has 0 aromatic heterocycles. The van der Waals surface area contributed by atoms with E-state index in [0.29, 0.717) is 5.69 Å². The van der Waals surface area contributed by atoms with Crippen LogP contribution in [0, 0.1) is 11.7 Å². The Morgan fingerprint density at radius 1 is 1.45 bits per heavy atom. The fraction of sp³-hybridized carbons (Fsp3) is 0.385. The zero-order valence-electron chi connectivity index (χ0n) is 10.9. The monoisotopic (exact) mass is 282 g/mol. The number of nitrogens with zero attached hydrogens (tertiary/aromatic N) is 1. The van der Waals surface area contributed by atoms with Gasteiger partial charge in [-0.05, 0) is 18.2 Å². The van der Waals surface area contributed by atoms with Crippen molar-refractivity contribution >= 4 is 17.7 Å². The molecule has 1 aliphatic heterocycles. The predicted molar refractivity (Wildman–Crippen MR) is 69.1 cm³/mol. The molecule has 2 rings (SSSR count). The predicted octanol–water partition coefficient (Wildman–Crippen LogP) is 1.07. The van der Waals surface area contributed by atoms with Gasteiger partial charge in [-0.3, -0.25) is 9.69 Å². The average Bonchev–Trinajstić information content (AvgIpc) is 2.86. The lowest BCUT2D eigenvalue weighted by Gasteiger charge is -2.22. The number of amides is 2. The van der Waals surface area contributed by atoms with E-state index < -0.39 is 29.8 Å². The van der Waals surface area contributed by atoms with Gasteiger partial charge in [-0.25, -0.2) is 9.18 Å². The molecule has 20 heavy (non-hydrogen) atoms. The van der Waals surface area contributed by atoms with Crippen molar-refractivity contribution in [3.8, 4) is 0 Å². The molecule has 6 nitrogen and oxygen atoms in total. The van der Waals surface area contributed by atoms with Crippen LogP contribution in [0.25, 0.3) is 0 Å². The second-order valence-electron chi connectivity index (χ2n) is 4.58. The van der Waals surface area contributed by atoms with E-state index >= 15 is 0 Å². The SMILES string of the molecule is CN(C(=O)NC1COCC1C(=O)O)c1cccc(F)c1. The van der Waals surface area contributed by atoms with Crippen LogP contribution in [-0.4, -0.2) is 43.4 Å². The molecular weight excluding hydrogens is 267 g/mol. The molecule has 2 N–H and O–H groups in total. The normalized spacial score (nSPS) is 21.5. The third-order valence-electron chi connectivity index (χ3n) is 3.21. The standard InChI is InChI=1S/C13H15FN2O4/c1-16(9-4-2-3-8(14)5-9)13(19)15-11-7-20-6-10(11)12(17)18/h2-5,10-11H,6-7H2,1H3,(H,15,19)(H,17,18). The molecule has 2 unspecified atom stereocenters. The van der Waals surface area contributed by atoms with Crippen molar-refractivity contribution in [2.75, 3.05) is 25.2 Å². The van der Waals surface area contributed by atoms with Crippen molar-refractivity contribution in [2.24, 2.45) is 5.92 Å². The molecule has 1 aliphatic rings. The zero-order chi connectivity index (χ0) is 14.7. The maximum absolute atomic E-state index is 13.1. The molecule has 0 spiro atoms. The number of nitrogens with one attached hydrogen (secondary N) is 1. The average molecular weight is 282 g/mol. The quantitative estimate of drug-likeness (QED) is 0.869.